The summed E-state index contributed by atoms with van der Waals surface area (Å²) in [6, 6.07) is 0. The van der Waals surface area contributed by atoms with Crippen LogP contribution in [0.15, 0.2) is 4.52 Å². The van der Waals surface area contributed by atoms with Gasteiger partial charge in [-0.15, -0.1) is 0 Å². The summed E-state index contributed by atoms with van der Waals surface area (Å²) >= 11 is 0. The summed E-state index contributed by atoms with van der Waals surface area (Å²) in [5.74, 6) is 0.940. The van der Waals surface area contributed by atoms with Crippen molar-refractivity contribution in [3.8, 4) is 0 Å². The molecule has 130 valence electrons. The van der Waals surface area contributed by atoms with E-state index < -0.39 is 0 Å². The van der Waals surface area contributed by atoms with Crippen molar-refractivity contribution < 1.29 is 14.0 Å². The van der Waals surface area contributed by atoms with Crippen molar-refractivity contribution in [3.05, 3.63) is 17.0 Å². The van der Waals surface area contributed by atoms with E-state index in [2.05, 4.69) is 15.0 Å². The first kappa shape index (κ1) is 16.9. The molecular weight excluding hydrogens is 294 g/mol. The van der Waals surface area contributed by atoms with E-state index in [0.29, 0.717) is 0 Å². The number of rotatable bonds is 5. The average molecular weight is 323 g/mol. The number of nitrogens with zero attached hydrogens (tertiary/aromatic N) is 3. The molecule has 23 heavy (non-hydrogen) atoms. The lowest BCUT2D eigenvalue weighted by molar-refractivity contribution is 0.0682. The van der Waals surface area contributed by atoms with E-state index in [1.165, 1.54) is 12.0 Å². The number of likely N-dealkylation sites (tertiary alicyclic amines) is 1. The Balaban J connectivity index is 1.65. The summed E-state index contributed by atoms with van der Waals surface area (Å²) in [6.07, 6.45) is 1.20. The molecule has 2 aliphatic heterocycles. The maximum atomic E-state index is 5.96. The lowest BCUT2D eigenvalue weighted by Gasteiger charge is -2.32. The third-order valence-electron chi connectivity index (χ3n) is 5.21. The minimum Gasteiger partial charge on any atom is -0.383 e. The van der Waals surface area contributed by atoms with E-state index in [4.69, 9.17) is 14.0 Å². The molecule has 0 saturated carbocycles. The normalized spacial score (nSPS) is 26.9. The van der Waals surface area contributed by atoms with Crippen LogP contribution in [0, 0.1) is 19.3 Å². The van der Waals surface area contributed by atoms with Crippen molar-refractivity contribution in [1.29, 1.82) is 0 Å². The molecule has 1 aromatic rings. The van der Waals surface area contributed by atoms with Gasteiger partial charge in [0.2, 0.25) is 0 Å². The van der Waals surface area contributed by atoms with E-state index >= 15 is 0 Å². The molecule has 0 amide bonds. The van der Waals surface area contributed by atoms with Crippen LogP contribution in [0.1, 0.15) is 23.4 Å². The van der Waals surface area contributed by atoms with Crippen LogP contribution in [0.4, 0.5) is 0 Å². The van der Waals surface area contributed by atoms with Crippen LogP contribution in [0.2, 0.25) is 0 Å². The Morgan fingerprint density at radius 2 is 2.04 bits per heavy atom. The van der Waals surface area contributed by atoms with Gasteiger partial charge in [0.25, 0.3) is 0 Å². The number of aryl methyl sites for hydroxylation is 2. The number of ether oxygens (including phenoxy) is 2. The molecule has 0 bridgehead atoms. The SMILES string of the molecule is COCCN1CC[C@]2(COCCN(Cc3c(C)noc3C)C2)C1. The van der Waals surface area contributed by atoms with E-state index in [1.807, 2.05) is 13.8 Å². The lowest BCUT2D eigenvalue weighted by atomic mass is 9.87. The second-order valence-corrected chi connectivity index (χ2v) is 7.08. The molecule has 3 rings (SSSR count). The second-order valence-electron chi connectivity index (χ2n) is 7.08. The summed E-state index contributed by atoms with van der Waals surface area (Å²) in [7, 11) is 1.77. The number of hydrogen-bond acceptors (Lipinski definition) is 6. The van der Waals surface area contributed by atoms with Crippen LogP contribution in [0.3, 0.4) is 0 Å². The molecular formula is C17H29N3O3. The van der Waals surface area contributed by atoms with Crippen molar-refractivity contribution in [3.63, 3.8) is 0 Å². The van der Waals surface area contributed by atoms with Crippen molar-refractivity contribution in [2.75, 3.05) is 59.7 Å². The van der Waals surface area contributed by atoms with Gasteiger partial charge in [0, 0.05) is 50.8 Å². The quantitative estimate of drug-likeness (QED) is 0.818. The lowest BCUT2D eigenvalue weighted by Crippen LogP contribution is -2.41. The Labute approximate surface area is 138 Å². The Morgan fingerprint density at radius 1 is 1.22 bits per heavy atom. The van der Waals surface area contributed by atoms with E-state index in [9.17, 15) is 0 Å². The Kier molecular flexibility index (Phi) is 5.36. The van der Waals surface area contributed by atoms with Gasteiger partial charge in [0.15, 0.2) is 0 Å². The molecule has 3 heterocycles. The van der Waals surface area contributed by atoms with E-state index in [1.54, 1.807) is 7.11 Å². The number of methoxy groups -OCH3 is 1. The largest absolute Gasteiger partial charge is 0.383 e. The highest BCUT2D eigenvalue weighted by atomic mass is 16.5. The molecule has 1 aromatic heterocycles. The molecule has 0 aliphatic carbocycles. The van der Waals surface area contributed by atoms with Gasteiger partial charge in [-0.05, 0) is 26.8 Å². The van der Waals surface area contributed by atoms with Gasteiger partial charge in [-0.25, -0.2) is 0 Å². The second kappa shape index (κ2) is 7.30. The predicted molar refractivity (Wildman–Crippen MR) is 87.4 cm³/mol. The maximum absolute atomic E-state index is 5.96. The Bertz CT molecular complexity index is 500. The van der Waals surface area contributed by atoms with Crippen molar-refractivity contribution in [2.45, 2.75) is 26.8 Å². The number of hydrogen-bond donors (Lipinski definition) is 0. The molecule has 0 aromatic carbocycles. The molecule has 0 unspecified atom stereocenters. The minimum absolute atomic E-state index is 0.253. The topological polar surface area (TPSA) is 51.0 Å². The molecule has 2 fully saturated rings. The third kappa shape index (κ3) is 3.94. The van der Waals surface area contributed by atoms with Crippen LogP contribution in [0.5, 0.6) is 0 Å². The van der Waals surface area contributed by atoms with E-state index in [-0.39, 0.29) is 5.41 Å². The standard InChI is InChI=1S/C17H29N3O3/c1-14-16(15(2)23-18-14)10-20-7-9-22-13-17(12-20)4-5-19(11-17)6-8-21-3/h4-13H2,1-3H3/t17-/m0/s1. The summed E-state index contributed by atoms with van der Waals surface area (Å²) < 4.78 is 16.5. The molecule has 6 nitrogen and oxygen atoms in total. The average Bonchev–Trinajstić information content (AvgIpc) is 2.99. The van der Waals surface area contributed by atoms with Gasteiger partial charge in [-0.2, -0.15) is 0 Å². The van der Waals surface area contributed by atoms with Crippen LogP contribution in [0.25, 0.3) is 0 Å². The summed E-state index contributed by atoms with van der Waals surface area (Å²) in [5.41, 5.74) is 2.49. The number of aromatic nitrogens is 1. The third-order valence-corrected chi connectivity index (χ3v) is 5.21. The first-order chi connectivity index (χ1) is 11.1. The smallest absolute Gasteiger partial charge is 0.138 e. The summed E-state index contributed by atoms with van der Waals surface area (Å²) in [6.45, 7) is 12.7. The van der Waals surface area contributed by atoms with Gasteiger partial charge in [-0.3, -0.25) is 4.90 Å². The fourth-order valence-electron chi connectivity index (χ4n) is 3.85. The fraction of sp³-hybridized carbons (Fsp3) is 0.824. The highest BCUT2D eigenvalue weighted by molar-refractivity contribution is 5.20. The van der Waals surface area contributed by atoms with E-state index in [0.717, 1.165) is 70.5 Å². The molecule has 0 N–H and O–H groups in total. The Hall–Kier alpha value is -0.950. The van der Waals surface area contributed by atoms with Crippen LogP contribution < -0.4 is 0 Å². The van der Waals surface area contributed by atoms with Crippen molar-refractivity contribution >= 4 is 0 Å². The Morgan fingerprint density at radius 3 is 2.78 bits per heavy atom. The monoisotopic (exact) mass is 323 g/mol. The fourth-order valence-corrected chi connectivity index (χ4v) is 3.85. The predicted octanol–water partition coefficient (Wildman–Crippen LogP) is 1.46. The highest BCUT2D eigenvalue weighted by Gasteiger charge is 2.41. The zero-order valence-corrected chi connectivity index (χ0v) is 14.6. The van der Waals surface area contributed by atoms with Gasteiger partial charge in [0.1, 0.15) is 5.76 Å². The van der Waals surface area contributed by atoms with Crippen molar-refractivity contribution in [1.82, 2.24) is 15.0 Å². The van der Waals surface area contributed by atoms with Gasteiger partial charge in [-0.1, -0.05) is 5.16 Å². The molecule has 6 heteroatoms. The summed E-state index contributed by atoms with van der Waals surface area (Å²) in [4.78, 5) is 5.02. The minimum atomic E-state index is 0.253. The molecule has 1 atom stereocenters. The zero-order chi connectivity index (χ0) is 16.3. The summed E-state index contributed by atoms with van der Waals surface area (Å²) in [5, 5.41) is 4.08. The molecule has 2 aliphatic rings. The first-order valence-corrected chi connectivity index (χ1v) is 8.55. The molecule has 2 saturated heterocycles. The molecule has 1 spiro atoms. The molecule has 0 radical (unpaired) electrons. The van der Waals surface area contributed by atoms with Crippen LogP contribution in [-0.2, 0) is 16.0 Å². The maximum Gasteiger partial charge on any atom is 0.138 e. The van der Waals surface area contributed by atoms with Gasteiger partial charge in [0.05, 0.1) is 25.5 Å². The van der Waals surface area contributed by atoms with Crippen molar-refractivity contribution in [2.24, 2.45) is 5.41 Å². The zero-order valence-electron chi connectivity index (χ0n) is 14.6. The van der Waals surface area contributed by atoms with Crippen LogP contribution in [-0.4, -0.2) is 74.6 Å². The highest BCUT2D eigenvalue weighted by Crippen LogP contribution is 2.34. The van der Waals surface area contributed by atoms with Gasteiger partial charge < -0.3 is 18.9 Å². The van der Waals surface area contributed by atoms with Crippen LogP contribution >= 0.6 is 0 Å². The first-order valence-electron chi connectivity index (χ1n) is 8.55. The van der Waals surface area contributed by atoms with Gasteiger partial charge >= 0.3 is 0 Å².